The van der Waals surface area contributed by atoms with Gasteiger partial charge in [0, 0.05) is 41.0 Å². The fourth-order valence-electron chi connectivity index (χ4n) is 3.31. The van der Waals surface area contributed by atoms with Crippen LogP contribution in [-0.2, 0) is 6.54 Å². The molecule has 0 unspecified atom stereocenters. The predicted octanol–water partition coefficient (Wildman–Crippen LogP) is 4.55. The van der Waals surface area contributed by atoms with Gasteiger partial charge in [-0.05, 0) is 36.4 Å². The van der Waals surface area contributed by atoms with Gasteiger partial charge in [-0.2, -0.15) is 0 Å². The molecule has 0 radical (unpaired) electrons. The number of aromatic nitrogens is 1. The Morgan fingerprint density at radius 3 is 2.66 bits per heavy atom. The highest BCUT2D eigenvalue weighted by Crippen LogP contribution is 2.36. The summed E-state index contributed by atoms with van der Waals surface area (Å²) in [6, 6.07) is 13.8. The van der Waals surface area contributed by atoms with Gasteiger partial charge in [-0.3, -0.25) is 0 Å². The first-order chi connectivity index (χ1) is 14.1. The molecule has 1 aromatic heterocycles. The van der Waals surface area contributed by atoms with Crippen LogP contribution in [0.3, 0.4) is 0 Å². The van der Waals surface area contributed by atoms with Gasteiger partial charge in [0.05, 0.1) is 26.5 Å². The summed E-state index contributed by atoms with van der Waals surface area (Å²) in [7, 11) is 3.21. The summed E-state index contributed by atoms with van der Waals surface area (Å²) in [5.74, 6) is 1.41. The van der Waals surface area contributed by atoms with Gasteiger partial charge in [-0.15, -0.1) is 0 Å². The predicted molar refractivity (Wildman–Crippen MR) is 113 cm³/mol. The van der Waals surface area contributed by atoms with Crippen molar-refractivity contribution >= 4 is 29.0 Å². The lowest BCUT2D eigenvalue weighted by Crippen LogP contribution is -2.21. The first kappa shape index (κ1) is 18.6. The quantitative estimate of drug-likeness (QED) is 0.663. The Bertz CT molecular complexity index is 1080. The number of anilines is 4. The molecule has 0 aliphatic carbocycles. The summed E-state index contributed by atoms with van der Waals surface area (Å²) in [4.78, 5) is 6.50. The van der Waals surface area contributed by atoms with Gasteiger partial charge in [0.25, 0.3) is 0 Å². The number of hydrogen-bond acceptors (Lipinski definition) is 6. The van der Waals surface area contributed by atoms with Crippen molar-refractivity contribution in [3.63, 3.8) is 0 Å². The molecule has 6 nitrogen and oxygen atoms in total. The summed E-state index contributed by atoms with van der Waals surface area (Å²) in [5, 5.41) is 3.26. The molecular weight excluding hydrogens is 371 g/mol. The van der Waals surface area contributed by atoms with Crippen molar-refractivity contribution in [2.24, 2.45) is 0 Å². The lowest BCUT2D eigenvalue weighted by molar-refractivity contribution is 0.355. The zero-order chi connectivity index (χ0) is 20.4. The van der Waals surface area contributed by atoms with Crippen molar-refractivity contribution in [2.75, 3.05) is 30.2 Å². The number of rotatable bonds is 5. The second-order valence-electron chi connectivity index (χ2n) is 6.58. The summed E-state index contributed by atoms with van der Waals surface area (Å²) < 4.78 is 24.3. The number of pyridine rings is 1. The molecule has 3 aromatic rings. The third-order valence-corrected chi connectivity index (χ3v) is 4.72. The van der Waals surface area contributed by atoms with Gasteiger partial charge in [-0.1, -0.05) is 6.07 Å². The molecule has 1 aliphatic heterocycles. The van der Waals surface area contributed by atoms with Gasteiger partial charge < -0.3 is 25.4 Å². The minimum atomic E-state index is -0.308. The fraction of sp³-hybridized carbons (Fsp3) is 0.136. The van der Waals surface area contributed by atoms with Crippen molar-refractivity contribution in [1.82, 2.24) is 4.98 Å². The molecule has 0 spiro atoms. The molecule has 0 bridgehead atoms. The van der Waals surface area contributed by atoms with Crippen molar-refractivity contribution in [2.45, 2.75) is 6.54 Å². The summed E-state index contributed by atoms with van der Waals surface area (Å²) in [6.07, 6.45) is 3.85. The highest BCUT2D eigenvalue weighted by atomic mass is 19.1. The van der Waals surface area contributed by atoms with Crippen LogP contribution in [0.5, 0.6) is 11.5 Å². The Morgan fingerprint density at radius 1 is 1.07 bits per heavy atom. The Balaban J connectivity index is 1.68. The maximum Gasteiger partial charge on any atom is 0.162 e. The smallest absolute Gasteiger partial charge is 0.162 e. The third-order valence-electron chi connectivity index (χ3n) is 4.72. The normalized spacial score (nSPS) is 12.4. The lowest BCUT2D eigenvalue weighted by atomic mass is 10.1. The molecule has 4 rings (SSSR count). The van der Waals surface area contributed by atoms with E-state index in [1.807, 2.05) is 30.5 Å². The highest BCUT2D eigenvalue weighted by molar-refractivity contribution is 5.74. The van der Waals surface area contributed by atoms with E-state index in [-0.39, 0.29) is 5.82 Å². The molecule has 148 valence electrons. The number of nitrogens with two attached hydrogens (primary N) is 1. The average molecular weight is 392 g/mol. The van der Waals surface area contributed by atoms with Gasteiger partial charge in [-0.25, -0.2) is 9.37 Å². The fourth-order valence-corrected chi connectivity index (χ4v) is 3.31. The van der Waals surface area contributed by atoms with Crippen molar-refractivity contribution in [1.29, 1.82) is 0 Å². The van der Waals surface area contributed by atoms with E-state index in [4.69, 9.17) is 15.2 Å². The average Bonchev–Trinajstić information content (AvgIpc) is 2.73. The molecular formula is C22H21FN4O2. The van der Waals surface area contributed by atoms with E-state index < -0.39 is 0 Å². The molecule has 29 heavy (non-hydrogen) atoms. The van der Waals surface area contributed by atoms with E-state index >= 15 is 0 Å². The zero-order valence-corrected chi connectivity index (χ0v) is 16.1. The number of nitrogen functional groups attached to an aromatic ring is 1. The van der Waals surface area contributed by atoms with Gasteiger partial charge in [0.2, 0.25) is 0 Å². The minimum Gasteiger partial charge on any atom is -0.493 e. The van der Waals surface area contributed by atoms with Crippen LogP contribution in [0.2, 0.25) is 0 Å². The maximum absolute atomic E-state index is 13.6. The van der Waals surface area contributed by atoms with Gasteiger partial charge >= 0.3 is 0 Å². The maximum atomic E-state index is 13.6. The second-order valence-corrected chi connectivity index (χ2v) is 6.58. The summed E-state index contributed by atoms with van der Waals surface area (Å²) >= 11 is 0. The molecule has 0 atom stereocenters. The standard InChI is InChI=1S/C22H21FN4O2/c1-28-20-7-6-16(11-21(20)29-2)27-9-8-18-17(13-27)19(12-22(24)26-18)25-15-5-3-4-14(23)10-15/h3-12H,13H2,1-2H3,(H3,24,25,26). The van der Waals surface area contributed by atoms with Crippen LogP contribution in [0, 0.1) is 5.82 Å². The largest absolute Gasteiger partial charge is 0.493 e. The monoisotopic (exact) mass is 392 g/mol. The molecule has 0 fully saturated rings. The molecule has 1 aliphatic rings. The highest BCUT2D eigenvalue weighted by Gasteiger charge is 2.19. The van der Waals surface area contributed by atoms with Crippen molar-refractivity contribution in [3.8, 4) is 11.5 Å². The van der Waals surface area contributed by atoms with Crippen molar-refractivity contribution < 1.29 is 13.9 Å². The number of nitrogens with zero attached hydrogens (tertiary/aromatic N) is 2. The van der Waals surface area contributed by atoms with Crippen LogP contribution in [0.15, 0.2) is 54.7 Å². The van der Waals surface area contributed by atoms with Crippen molar-refractivity contribution in [3.05, 3.63) is 71.8 Å². The molecule has 2 aromatic carbocycles. The summed E-state index contributed by atoms with van der Waals surface area (Å²) in [5.41, 5.74) is 10.1. The molecule has 0 amide bonds. The summed E-state index contributed by atoms with van der Waals surface area (Å²) in [6.45, 7) is 0.562. The molecule has 0 saturated carbocycles. The number of nitrogens with one attached hydrogen (secondary N) is 1. The van der Waals surface area contributed by atoms with Gasteiger partial charge in [0.1, 0.15) is 11.6 Å². The third kappa shape index (κ3) is 3.80. The number of hydrogen-bond donors (Lipinski definition) is 2. The van der Waals surface area contributed by atoms with Crippen LogP contribution < -0.4 is 25.4 Å². The molecule has 7 heteroatoms. The van der Waals surface area contributed by atoms with Crippen LogP contribution in [0.1, 0.15) is 11.3 Å². The number of halogens is 1. The van der Waals surface area contributed by atoms with Gasteiger partial charge in [0.15, 0.2) is 11.5 Å². The first-order valence-electron chi connectivity index (χ1n) is 9.06. The van der Waals surface area contributed by atoms with E-state index in [0.717, 1.165) is 22.6 Å². The minimum absolute atomic E-state index is 0.308. The van der Waals surface area contributed by atoms with Crippen LogP contribution in [0.4, 0.5) is 27.3 Å². The molecule has 3 N–H and O–H groups in total. The lowest BCUT2D eigenvalue weighted by Gasteiger charge is -2.27. The number of fused-ring (bicyclic) bond motifs is 1. The second kappa shape index (κ2) is 7.71. The van der Waals surface area contributed by atoms with Crippen LogP contribution >= 0.6 is 0 Å². The molecule has 2 heterocycles. The van der Waals surface area contributed by atoms with E-state index in [1.165, 1.54) is 12.1 Å². The SMILES string of the molecule is COc1ccc(N2C=Cc3nc(N)cc(Nc4cccc(F)c4)c3C2)cc1OC. The number of ether oxygens (including phenoxy) is 2. The topological polar surface area (TPSA) is 72.6 Å². The van der Waals surface area contributed by atoms with Crippen LogP contribution in [0.25, 0.3) is 6.08 Å². The zero-order valence-electron chi connectivity index (χ0n) is 16.1. The Hall–Kier alpha value is -3.74. The van der Waals surface area contributed by atoms with E-state index in [2.05, 4.69) is 15.2 Å². The van der Waals surface area contributed by atoms with Crippen LogP contribution in [-0.4, -0.2) is 19.2 Å². The first-order valence-corrected chi connectivity index (χ1v) is 9.06. The Kier molecular flexibility index (Phi) is 4.95. The van der Waals surface area contributed by atoms with E-state index in [9.17, 15) is 4.39 Å². The number of benzene rings is 2. The number of methoxy groups -OCH3 is 2. The molecule has 0 saturated heterocycles. The van der Waals surface area contributed by atoms with E-state index in [1.54, 1.807) is 32.4 Å². The van der Waals surface area contributed by atoms with E-state index in [0.29, 0.717) is 29.5 Å². The Labute approximate surface area is 168 Å². The Morgan fingerprint density at radius 2 is 1.90 bits per heavy atom.